The summed E-state index contributed by atoms with van der Waals surface area (Å²) in [6.45, 7) is -5.21. The predicted octanol–water partition coefficient (Wildman–Crippen LogP) is -2.35. The molecule has 6 N–H and O–H groups in total. The number of nitrogens with zero attached hydrogens (tertiary/aromatic N) is 6. The van der Waals surface area contributed by atoms with Crippen LogP contribution in [0, 0.1) is 6.92 Å². The van der Waals surface area contributed by atoms with E-state index in [9.17, 15) is 44.1 Å². The van der Waals surface area contributed by atoms with E-state index in [0.717, 1.165) is 10.9 Å². The summed E-state index contributed by atoms with van der Waals surface area (Å²) in [6.07, 6.45) is -4.76. The molecular formula is C20H25N7O13P2S-2. The lowest BCUT2D eigenvalue weighted by Crippen LogP contribution is -2.34. The van der Waals surface area contributed by atoms with Gasteiger partial charge in [0.1, 0.15) is 36.4 Å². The van der Waals surface area contributed by atoms with E-state index < -0.39 is 81.5 Å². The fraction of sp³-hybridized carbons (Fsp3) is 0.550. The number of aliphatic hydroxyl groups is 3. The van der Waals surface area contributed by atoms with Gasteiger partial charge in [-0.3, -0.25) is 13.7 Å². The fourth-order valence-electron chi connectivity index (χ4n) is 4.56. The van der Waals surface area contributed by atoms with Crippen LogP contribution in [0.1, 0.15) is 24.4 Å². The molecule has 0 saturated carbocycles. The van der Waals surface area contributed by atoms with Crippen LogP contribution >= 0.6 is 26.0 Å². The first kappa shape index (κ1) is 31.9. The van der Waals surface area contributed by atoms with E-state index in [1.807, 2.05) is 0 Å². The molecule has 2 aliphatic rings. The van der Waals surface area contributed by atoms with Crippen molar-refractivity contribution in [1.29, 1.82) is 0 Å². The summed E-state index contributed by atoms with van der Waals surface area (Å²) in [5.74, 6) is -0.685. The Kier molecular flexibility index (Phi) is 8.98. The smallest absolute Gasteiger partial charge is 0.393 e. The van der Waals surface area contributed by atoms with E-state index in [2.05, 4.69) is 24.2 Å². The van der Waals surface area contributed by atoms with Gasteiger partial charge in [-0.25, -0.2) is 33.6 Å². The highest BCUT2D eigenvalue weighted by molar-refractivity contribution is 8.55. The number of phosphoric acid groups is 1. The van der Waals surface area contributed by atoms with E-state index >= 15 is 0 Å². The third-order valence-electron chi connectivity index (χ3n) is 6.63. The van der Waals surface area contributed by atoms with Gasteiger partial charge in [0.25, 0.3) is 7.82 Å². The van der Waals surface area contributed by atoms with Gasteiger partial charge in [0.05, 0.1) is 25.6 Å². The number of rotatable bonds is 10. The average molecular weight is 665 g/mol. The Bertz CT molecular complexity index is 1660. The number of hydrogen-bond acceptors (Lipinski definition) is 18. The number of aromatic nitrogens is 6. The van der Waals surface area contributed by atoms with Crippen LogP contribution in [0.25, 0.3) is 11.2 Å². The molecule has 5 rings (SSSR count). The van der Waals surface area contributed by atoms with Crippen LogP contribution in [0.2, 0.25) is 0 Å². The molecule has 2 fully saturated rings. The van der Waals surface area contributed by atoms with Crippen LogP contribution in [-0.2, 0) is 27.4 Å². The first-order chi connectivity index (χ1) is 20.2. The zero-order valence-corrected chi connectivity index (χ0v) is 24.5. The monoisotopic (exact) mass is 665 g/mol. The van der Waals surface area contributed by atoms with E-state index in [4.69, 9.17) is 19.7 Å². The molecule has 2 unspecified atom stereocenters. The number of aryl methyl sites for hydroxylation is 1. The van der Waals surface area contributed by atoms with Crippen molar-refractivity contribution in [2.24, 2.45) is 0 Å². The molecule has 0 spiro atoms. The molecule has 0 aromatic carbocycles. The number of nitrogens with two attached hydrogens (primary N) is 1. The summed E-state index contributed by atoms with van der Waals surface area (Å²) in [5, 5.41) is 41.2. The predicted molar refractivity (Wildman–Crippen MR) is 140 cm³/mol. The highest BCUT2D eigenvalue weighted by Crippen LogP contribution is 2.68. The van der Waals surface area contributed by atoms with Crippen molar-refractivity contribution >= 4 is 43.0 Å². The maximum absolute atomic E-state index is 12.8. The SMILES string of the molecule is Cc1cn([C@H]2C[C@H](SP(=O)(O)OP(=O)([O-])OC[C@H]3O[C@@H](n4cnc5c(N)ncnc54)[C@H](O)[C@@H]3O)[C@@H](CO)O2)c(=O)nc1[O-]. The number of fused-ring (bicyclic) bond motifs is 1. The van der Waals surface area contributed by atoms with Crippen LogP contribution in [-0.4, -0.2) is 92.2 Å². The first-order valence-electron chi connectivity index (χ1n) is 12.4. The zero-order chi connectivity index (χ0) is 31.3. The van der Waals surface area contributed by atoms with Crippen molar-refractivity contribution in [3.63, 3.8) is 0 Å². The highest BCUT2D eigenvalue weighted by Gasteiger charge is 2.46. The molecule has 0 bridgehead atoms. The summed E-state index contributed by atoms with van der Waals surface area (Å²) < 4.78 is 47.7. The molecule has 5 heterocycles. The fourth-order valence-corrected chi connectivity index (χ4v) is 9.90. The van der Waals surface area contributed by atoms with Crippen molar-refractivity contribution in [2.45, 2.75) is 55.5 Å². The first-order valence-corrected chi connectivity index (χ1v) is 16.9. The van der Waals surface area contributed by atoms with Gasteiger partial charge in [-0.2, -0.15) is 0 Å². The van der Waals surface area contributed by atoms with Crippen LogP contribution in [0.5, 0.6) is 5.88 Å². The largest absolute Gasteiger partial charge is 0.858 e. The lowest BCUT2D eigenvalue weighted by Gasteiger charge is -2.27. The maximum atomic E-state index is 12.8. The van der Waals surface area contributed by atoms with Gasteiger partial charge in [-0.15, -0.1) is 0 Å². The molecule has 0 aliphatic carbocycles. The van der Waals surface area contributed by atoms with Crippen LogP contribution in [0.3, 0.4) is 0 Å². The number of anilines is 1. The van der Waals surface area contributed by atoms with E-state index in [1.165, 1.54) is 24.0 Å². The van der Waals surface area contributed by atoms with Crippen molar-refractivity contribution in [1.82, 2.24) is 29.1 Å². The molecule has 0 amide bonds. The molecule has 20 nitrogen and oxygen atoms in total. The molecule has 2 aliphatic heterocycles. The zero-order valence-electron chi connectivity index (χ0n) is 21.9. The number of imidazole rings is 1. The third kappa shape index (κ3) is 6.63. The second-order valence-electron chi connectivity index (χ2n) is 9.53. The molecular weight excluding hydrogens is 640 g/mol. The van der Waals surface area contributed by atoms with Crippen molar-refractivity contribution in [2.75, 3.05) is 18.9 Å². The van der Waals surface area contributed by atoms with E-state index in [0.29, 0.717) is 0 Å². The second-order valence-corrected chi connectivity index (χ2v) is 15.1. The summed E-state index contributed by atoms with van der Waals surface area (Å²) >= 11 is 0.142. The molecule has 9 atom stereocenters. The topological polar surface area (TPSA) is 303 Å². The van der Waals surface area contributed by atoms with Gasteiger partial charge in [0.2, 0.25) is 0 Å². The van der Waals surface area contributed by atoms with E-state index in [-0.39, 0.29) is 40.3 Å². The molecule has 3 aromatic rings. The number of phosphoric ester groups is 1. The van der Waals surface area contributed by atoms with Gasteiger partial charge < -0.3 is 49.9 Å². The molecule has 0 radical (unpaired) electrons. The standard InChI is InChI=1S/C20H27N7O13P2S/c1-8-3-26(20(32)25-18(8)31)12-2-11(9(4-28)38-12)43-42(35,36)40-41(33,34)37-5-10-14(29)15(30)19(39-10)27-7-24-13-16(21)22-6-23-17(13)27/h3,6-7,9-12,14-15,19,28-30H,2,4-5H2,1H3,(H,33,34)(H,35,36)(H2,21,22,23)(H,25,31,32)/p-2/t9-,10-,11+,12-,14-,15-,19-/m1/s1. The number of nitrogen functional groups attached to an aromatic ring is 1. The Balaban J connectivity index is 1.21. The lowest BCUT2D eigenvalue weighted by molar-refractivity contribution is -0.276. The Morgan fingerprint density at radius 1 is 1.19 bits per heavy atom. The third-order valence-corrected chi connectivity index (χ3v) is 12.0. The second kappa shape index (κ2) is 12.1. The number of ether oxygens (including phenoxy) is 2. The van der Waals surface area contributed by atoms with Crippen LogP contribution < -0.4 is 21.4 Å². The van der Waals surface area contributed by atoms with Crippen molar-refractivity contribution < 1.29 is 57.7 Å². The van der Waals surface area contributed by atoms with Gasteiger partial charge in [-0.1, -0.05) is 0 Å². The lowest BCUT2D eigenvalue weighted by atomic mass is 10.1. The normalized spacial score (nSPS) is 30.4. The van der Waals surface area contributed by atoms with Gasteiger partial charge in [0, 0.05) is 17.9 Å². The summed E-state index contributed by atoms with van der Waals surface area (Å²) in [7, 11) is -5.53. The summed E-state index contributed by atoms with van der Waals surface area (Å²) in [6, 6.07) is 0. The average Bonchev–Trinajstić information content (AvgIpc) is 3.61. The Morgan fingerprint density at radius 3 is 2.65 bits per heavy atom. The summed E-state index contributed by atoms with van der Waals surface area (Å²) in [5.41, 5.74) is 5.31. The quantitative estimate of drug-likeness (QED) is 0.142. The highest BCUT2D eigenvalue weighted by atomic mass is 32.7. The number of aliphatic hydroxyl groups excluding tert-OH is 3. The molecule has 43 heavy (non-hydrogen) atoms. The van der Waals surface area contributed by atoms with Crippen LogP contribution in [0.15, 0.2) is 23.6 Å². The molecule has 3 aromatic heterocycles. The number of hydrogen-bond donors (Lipinski definition) is 5. The molecule has 2 saturated heterocycles. The van der Waals surface area contributed by atoms with Crippen LogP contribution in [0.4, 0.5) is 5.82 Å². The van der Waals surface area contributed by atoms with E-state index in [1.54, 1.807) is 0 Å². The Hall–Kier alpha value is -2.52. The molecule has 23 heteroatoms. The minimum atomic E-state index is -5.53. The Morgan fingerprint density at radius 2 is 1.93 bits per heavy atom. The summed E-state index contributed by atoms with van der Waals surface area (Å²) in [4.78, 5) is 50.1. The van der Waals surface area contributed by atoms with Gasteiger partial charge in [0.15, 0.2) is 17.7 Å². The minimum Gasteiger partial charge on any atom is -0.858 e. The van der Waals surface area contributed by atoms with Gasteiger partial charge in [-0.05, 0) is 29.7 Å². The maximum Gasteiger partial charge on any atom is 0.393 e. The Labute approximate surface area is 245 Å². The van der Waals surface area contributed by atoms with Gasteiger partial charge >= 0.3 is 12.5 Å². The van der Waals surface area contributed by atoms with Crippen molar-refractivity contribution in [3.8, 4) is 5.88 Å². The van der Waals surface area contributed by atoms with Crippen molar-refractivity contribution in [3.05, 3.63) is 34.9 Å². The molecule has 236 valence electrons. The minimum absolute atomic E-state index is 0.0522.